The van der Waals surface area contributed by atoms with E-state index in [0.717, 1.165) is 12.2 Å². The summed E-state index contributed by atoms with van der Waals surface area (Å²) < 4.78 is 9.58. The van der Waals surface area contributed by atoms with Crippen molar-refractivity contribution in [2.24, 2.45) is 0 Å². The quantitative estimate of drug-likeness (QED) is 0.694. The molecule has 2 nitrogen and oxygen atoms in total. The van der Waals surface area contributed by atoms with Gasteiger partial charge in [-0.15, -0.1) is 0 Å². The van der Waals surface area contributed by atoms with Crippen LogP contribution >= 0.6 is 0 Å². The minimum Gasteiger partial charge on any atom is -0.483 e. The SMILES string of the molecule is C/C=C1\OC1Cc1ccccc1.COC. The van der Waals surface area contributed by atoms with E-state index in [1.54, 1.807) is 14.2 Å². The topological polar surface area (TPSA) is 21.8 Å². The molecule has 0 bridgehead atoms. The molecular formula is C13H18O2. The van der Waals surface area contributed by atoms with Gasteiger partial charge in [-0.1, -0.05) is 30.3 Å². The number of hydrogen-bond acceptors (Lipinski definition) is 2. The average Bonchev–Trinajstić information content (AvgIpc) is 2.99. The van der Waals surface area contributed by atoms with Gasteiger partial charge < -0.3 is 9.47 Å². The first kappa shape index (κ1) is 11.8. The van der Waals surface area contributed by atoms with E-state index in [4.69, 9.17) is 4.74 Å². The molecule has 15 heavy (non-hydrogen) atoms. The molecule has 2 heteroatoms. The van der Waals surface area contributed by atoms with Crippen molar-refractivity contribution in [1.29, 1.82) is 0 Å². The van der Waals surface area contributed by atoms with Crippen molar-refractivity contribution in [3.63, 3.8) is 0 Å². The molecule has 1 aromatic carbocycles. The van der Waals surface area contributed by atoms with Crippen LogP contribution < -0.4 is 0 Å². The molecule has 0 N–H and O–H groups in total. The molecule has 0 spiro atoms. The lowest BCUT2D eigenvalue weighted by atomic mass is 10.1. The fourth-order valence-corrected chi connectivity index (χ4v) is 1.35. The second kappa shape index (κ2) is 6.25. The number of epoxide rings is 1. The number of methoxy groups -OCH3 is 1. The number of allylic oxidation sites excluding steroid dienone is 1. The van der Waals surface area contributed by atoms with Gasteiger partial charge in [0.25, 0.3) is 0 Å². The molecule has 0 aromatic heterocycles. The Morgan fingerprint density at radius 3 is 2.33 bits per heavy atom. The minimum absolute atomic E-state index is 0.359. The highest BCUT2D eigenvalue weighted by molar-refractivity contribution is 5.22. The zero-order chi connectivity index (χ0) is 11.1. The molecule has 1 aliphatic rings. The highest BCUT2D eigenvalue weighted by atomic mass is 16.6. The van der Waals surface area contributed by atoms with Gasteiger partial charge in [0.05, 0.1) is 0 Å². The third-order valence-electron chi connectivity index (χ3n) is 2.09. The number of ether oxygens (including phenoxy) is 2. The van der Waals surface area contributed by atoms with Crippen LogP contribution in [0.1, 0.15) is 12.5 Å². The number of benzene rings is 1. The van der Waals surface area contributed by atoms with E-state index < -0.39 is 0 Å². The fraction of sp³-hybridized carbons (Fsp3) is 0.385. The number of rotatable bonds is 2. The minimum atomic E-state index is 0.359. The van der Waals surface area contributed by atoms with Crippen LogP contribution in [-0.4, -0.2) is 20.3 Å². The van der Waals surface area contributed by atoms with Crippen molar-refractivity contribution in [1.82, 2.24) is 0 Å². The summed E-state index contributed by atoms with van der Waals surface area (Å²) in [6.07, 6.45) is 3.41. The van der Waals surface area contributed by atoms with Crippen LogP contribution in [0.25, 0.3) is 0 Å². The zero-order valence-electron chi connectivity index (χ0n) is 9.57. The van der Waals surface area contributed by atoms with Crippen molar-refractivity contribution in [3.8, 4) is 0 Å². The standard InChI is InChI=1S/C11H12O.C2H6O/c1-2-10-11(12-10)8-9-6-4-3-5-7-9;1-3-2/h2-7,11H,8H2,1H3;1-2H3/b10-2-;. The van der Waals surface area contributed by atoms with Crippen molar-refractivity contribution >= 4 is 0 Å². The average molecular weight is 206 g/mol. The molecule has 0 radical (unpaired) electrons. The summed E-state index contributed by atoms with van der Waals surface area (Å²) in [5, 5.41) is 0. The molecule has 1 aromatic rings. The number of hydrogen-bond donors (Lipinski definition) is 0. The van der Waals surface area contributed by atoms with Crippen LogP contribution in [-0.2, 0) is 15.9 Å². The van der Waals surface area contributed by atoms with Gasteiger partial charge >= 0.3 is 0 Å². The largest absolute Gasteiger partial charge is 0.483 e. The molecule has 82 valence electrons. The summed E-state index contributed by atoms with van der Waals surface area (Å²) in [5.74, 6) is 1.14. The Morgan fingerprint density at radius 1 is 1.27 bits per heavy atom. The fourth-order valence-electron chi connectivity index (χ4n) is 1.35. The summed E-state index contributed by atoms with van der Waals surface area (Å²) in [5.41, 5.74) is 1.35. The molecule has 0 saturated carbocycles. The van der Waals surface area contributed by atoms with Crippen LogP contribution in [0.15, 0.2) is 42.2 Å². The Kier molecular flexibility index (Phi) is 4.91. The van der Waals surface area contributed by atoms with Gasteiger partial charge in [-0.3, -0.25) is 0 Å². The van der Waals surface area contributed by atoms with E-state index in [1.807, 2.05) is 19.1 Å². The van der Waals surface area contributed by atoms with Crippen LogP contribution in [0.4, 0.5) is 0 Å². The first-order valence-electron chi connectivity index (χ1n) is 5.08. The highest BCUT2D eigenvalue weighted by Gasteiger charge is 2.31. The molecular weight excluding hydrogens is 188 g/mol. The summed E-state index contributed by atoms with van der Waals surface area (Å²) >= 11 is 0. The molecule has 1 saturated heterocycles. The second-order valence-electron chi connectivity index (χ2n) is 3.40. The Hall–Kier alpha value is -1.28. The van der Waals surface area contributed by atoms with Crippen molar-refractivity contribution in [2.75, 3.05) is 14.2 Å². The smallest absolute Gasteiger partial charge is 0.159 e. The zero-order valence-corrected chi connectivity index (χ0v) is 9.57. The first-order valence-corrected chi connectivity index (χ1v) is 5.08. The van der Waals surface area contributed by atoms with Crippen molar-refractivity contribution in [2.45, 2.75) is 19.4 Å². The Balaban J connectivity index is 0.000000337. The maximum atomic E-state index is 5.33. The van der Waals surface area contributed by atoms with Gasteiger partial charge in [0.15, 0.2) is 6.10 Å². The monoisotopic (exact) mass is 206 g/mol. The van der Waals surface area contributed by atoms with E-state index in [0.29, 0.717) is 6.10 Å². The Bertz CT molecular complexity index is 304. The molecule has 1 heterocycles. The lowest BCUT2D eigenvalue weighted by Gasteiger charge is -1.93. The van der Waals surface area contributed by atoms with Crippen LogP contribution in [0, 0.1) is 0 Å². The Morgan fingerprint density at radius 2 is 1.87 bits per heavy atom. The predicted octanol–water partition coefficient (Wildman–Crippen LogP) is 2.79. The molecule has 1 atom stereocenters. The van der Waals surface area contributed by atoms with Gasteiger partial charge in [0.1, 0.15) is 5.76 Å². The molecule has 2 rings (SSSR count). The van der Waals surface area contributed by atoms with Crippen LogP contribution in [0.5, 0.6) is 0 Å². The van der Waals surface area contributed by atoms with Crippen molar-refractivity contribution in [3.05, 3.63) is 47.7 Å². The van der Waals surface area contributed by atoms with E-state index in [-0.39, 0.29) is 0 Å². The van der Waals surface area contributed by atoms with Crippen LogP contribution in [0.3, 0.4) is 0 Å². The maximum Gasteiger partial charge on any atom is 0.159 e. The van der Waals surface area contributed by atoms with Gasteiger partial charge in [0.2, 0.25) is 0 Å². The summed E-state index contributed by atoms with van der Waals surface area (Å²) in [7, 11) is 3.25. The molecule has 0 amide bonds. The van der Waals surface area contributed by atoms with Crippen LogP contribution in [0.2, 0.25) is 0 Å². The lowest BCUT2D eigenvalue weighted by Crippen LogP contribution is -1.90. The predicted molar refractivity (Wildman–Crippen MR) is 61.7 cm³/mol. The van der Waals surface area contributed by atoms with E-state index in [1.165, 1.54) is 5.56 Å². The highest BCUT2D eigenvalue weighted by Crippen LogP contribution is 2.29. The van der Waals surface area contributed by atoms with E-state index in [9.17, 15) is 0 Å². The van der Waals surface area contributed by atoms with Gasteiger partial charge in [-0.25, -0.2) is 0 Å². The first-order chi connectivity index (χ1) is 7.31. The van der Waals surface area contributed by atoms with Gasteiger partial charge in [-0.2, -0.15) is 0 Å². The normalized spacial score (nSPS) is 20.2. The van der Waals surface area contributed by atoms with E-state index in [2.05, 4.69) is 29.0 Å². The third-order valence-corrected chi connectivity index (χ3v) is 2.09. The molecule has 1 unspecified atom stereocenters. The van der Waals surface area contributed by atoms with Gasteiger partial charge in [-0.05, 0) is 18.6 Å². The Labute approximate surface area is 91.5 Å². The lowest BCUT2D eigenvalue weighted by molar-refractivity contribution is 0.277. The summed E-state index contributed by atoms with van der Waals surface area (Å²) in [6.45, 7) is 2.01. The van der Waals surface area contributed by atoms with Crippen molar-refractivity contribution < 1.29 is 9.47 Å². The molecule has 1 fully saturated rings. The van der Waals surface area contributed by atoms with E-state index >= 15 is 0 Å². The van der Waals surface area contributed by atoms with Gasteiger partial charge in [0, 0.05) is 20.6 Å². The summed E-state index contributed by atoms with van der Waals surface area (Å²) in [4.78, 5) is 0. The second-order valence-corrected chi connectivity index (χ2v) is 3.40. The maximum absolute atomic E-state index is 5.33. The molecule has 1 aliphatic heterocycles. The summed E-state index contributed by atoms with van der Waals surface area (Å²) in [6, 6.07) is 10.4. The molecule has 0 aliphatic carbocycles. The third kappa shape index (κ3) is 4.17.